The van der Waals surface area contributed by atoms with E-state index in [0.29, 0.717) is 87.5 Å². The lowest BCUT2D eigenvalue weighted by atomic mass is 9.47. The third-order valence-corrected chi connectivity index (χ3v) is 16.8. The molecule has 2 unspecified atom stereocenters. The summed E-state index contributed by atoms with van der Waals surface area (Å²) in [7, 11) is 6.07. The van der Waals surface area contributed by atoms with Crippen LogP contribution >= 0.6 is 0 Å². The number of fused-ring (bicyclic) bond motifs is 6. The van der Waals surface area contributed by atoms with Crippen LogP contribution in [0.1, 0.15) is 75.3 Å². The first-order chi connectivity index (χ1) is 31.6. The average molecular weight is 905 g/mol. The maximum Gasteiger partial charge on any atom is 0.344 e. The van der Waals surface area contributed by atoms with Crippen molar-refractivity contribution in [2.75, 3.05) is 66.0 Å². The predicted octanol–water partition coefficient (Wildman–Crippen LogP) is 5.80. The van der Waals surface area contributed by atoms with Gasteiger partial charge in [-0.05, 0) is 104 Å². The number of methoxy groups -OCH3 is 3. The molecule has 1 saturated carbocycles. The smallest absolute Gasteiger partial charge is 0.344 e. The number of carbonyl (C=O) groups is 3. The number of rotatable bonds is 8. The van der Waals surface area contributed by atoms with Crippen LogP contribution in [0.5, 0.6) is 5.75 Å². The largest absolute Gasteiger partial charge is 0.496 e. The number of H-pyrrole nitrogens is 1. The van der Waals surface area contributed by atoms with Crippen molar-refractivity contribution in [1.82, 2.24) is 14.8 Å². The van der Waals surface area contributed by atoms with Crippen molar-refractivity contribution < 1.29 is 47.9 Å². The number of ether oxygens (including phenoxy) is 4. The van der Waals surface area contributed by atoms with Crippen LogP contribution < -0.4 is 9.64 Å². The number of aromatic amines is 1. The maximum absolute atomic E-state index is 15.6. The molecule has 14 heteroatoms. The van der Waals surface area contributed by atoms with Crippen LogP contribution in [-0.2, 0) is 45.8 Å². The zero-order valence-corrected chi connectivity index (χ0v) is 38.9. The van der Waals surface area contributed by atoms with Crippen molar-refractivity contribution >= 4 is 34.5 Å². The molecule has 350 valence electrons. The van der Waals surface area contributed by atoms with Gasteiger partial charge in [0.05, 0.1) is 33.0 Å². The molecule has 1 spiro atoms. The SMILES string of the molecule is CC[C@]1(O)C[C@H]2CN(CCc3c([nH]c4ccc(-c5cccc(F)c5)cc34)[C@@](C(=O)OC)(c3cc4c(cc3OC)N(C)C3[C@]45CCN4CC=C[C@@](CC)([C@@H](OC(C)=O)[C@]3(O)C(=O)OC)[C@H]45)C2)C1. The standard InChI is InChI=1S/C52H61FN4O9/c1-8-48(61)26-31-27-51(46(59)64-6,42-35(16-20-56(28-31)29-48)36-23-33(14-15-39(36)54-42)32-12-10-13-34(53)22-32)38-24-37-40(25-41(38)63-5)55(4)44-50(37)18-21-57-19-11-17-49(9-2,43(50)57)45(66-30(3)58)52(44,62)47(60)65-7/h10-15,17,22-25,31,43-45,54,61-62H,8-9,16,18-21,26-29H2,1-7H3/t31-,43+,44?,45-,48+,49-,50-,51+,52+/m1/s1. The lowest BCUT2D eigenvalue weighted by Gasteiger charge is -2.63. The van der Waals surface area contributed by atoms with E-state index in [1.165, 1.54) is 33.3 Å². The van der Waals surface area contributed by atoms with Gasteiger partial charge >= 0.3 is 17.9 Å². The molecule has 66 heavy (non-hydrogen) atoms. The van der Waals surface area contributed by atoms with Crippen LogP contribution in [0.25, 0.3) is 22.0 Å². The van der Waals surface area contributed by atoms with Gasteiger partial charge in [-0.1, -0.05) is 44.2 Å². The summed E-state index contributed by atoms with van der Waals surface area (Å²) in [5, 5.41) is 26.4. The third-order valence-electron chi connectivity index (χ3n) is 16.8. The number of piperidine rings is 1. The number of aliphatic hydroxyl groups is 2. The molecule has 0 amide bonds. The number of hydrogen-bond acceptors (Lipinski definition) is 12. The highest BCUT2D eigenvalue weighted by Gasteiger charge is 2.80. The molecule has 5 aliphatic heterocycles. The van der Waals surface area contributed by atoms with Gasteiger partial charge in [0.2, 0.25) is 5.60 Å². The first-order valence-corrected chi connectivity index (χ1v) is 23.4. The summed E-state index contributed by atoms with van der Waals surface area (Å²) in [6.45, 7) is 8.30. The number of aromatic nitrogens is 1. The summed E-state index contributed by atoms with van der Waals surface area (Å²) in [6, 6.07) is 15.2. The Morgan fingerprint density at radius 3 is 2.38 bits per heavy atom. The minimum absolute atomic E-state index is 0.170. The lowest BCUT2D eigenvalue weighted by molar-refractivity contribution is -0.228. The Balaban J connectivity index is 1.28. The average Bonchev–Trinajstić information content (AvgIpc) is 3.97. The summed E-state index contributed by atoms with van der Waals surface area (Å²) in [5.74, 6) is -2.13. The molecule has 10 rings (SSSR count). The minimum atomic E-state index is -2.34. The number of hydrogen-bond donors (Lipinski definition) is 3. The monoisotopic (exact) mass is 904 g/mol. The molecule has 3 aromatic carbocycles. The molecule has 4 aromatic rings. The quantitative estimate of drug-likeness (QED) is 0.111. The summed E-state index contributed by atoms with van der Waals surface area (Å²) in [5.41, 5.74) is -0.840. The Morgan fingerprint density at radius 1 is 0.909 bits per heavy atom. The van der Waals surface area contributed by atoms with E-state index in [1.807, 2.05) is 62.2 Å². The first kappa shape index (κ1) is 44.6. The Labute approximate surface area is 384 Å². The van der Waals surface area contributed by atoms with Crippen molar-refractivity contribution in [2.24, 2.45) is 11.3 Å². The minimum Gasteiger partial charge on any atom is -0.496 e. The molecule has 2 bridgehead atoms. The Bertz CT molecular complexity index is 2690. The fourth-order valence-electron chi connectivity index (χ4n) is 14.4. The number of esters is 3. The number of nitrogens with one attached hydrogen (secondary N) is 1. The van der Waals surface area contributed by atoms with Crippen LogP contribution in [0, 0.1) is 17.2 Å². The Kier molecular flexibility index (Phi) is 10.6. The van der Waals surface area contributed by atoms with Crippen LogP contribution in [0.4, 0.5) is 10.1 Å². The number of nitrogens with zero attached hydrogens (tertiary/aromatic N) is 3. The van der Waals surface area contributed by atoms with Gasteiger partial charge in [-0.25, -0.2) is 9.18 Å². The molecule has 3 N–H and O–H groups in total. The molecular formula is C52H61FN4O9. The van der Waals surface area contributed by atoms with E-state index in [1.54, 1.807) is 13.2 Å². The van der Waals surface area contributed by atoms with E-state index in [-0.39, 0.29) is 24.2 Å². The van der Waals surface area contributed by atoms with E-state index in [2.05, 4.69) is 26.9 Å². The molecule has 3 fully saturated rings. The number of halogens is 1. The van der Waals surface area contributed by atoms with Crippen molar-refractivity contribution in [3.63, 3.8) is 0 Å². The number of likely N-dealkylation sites (N-methyl/N-ethyl adjacent to an activating group) is 1. The summed E-state index contributed by atoms with van der Waals surface area (Å²) < 4.78 is 38.8. The first-order valence-electron chi connectivity index (χ1n) is 23.4. The summed E-state index contributed by atoms with van der Waals surface area (Å²) in [6.07, 6.45) is 5.53. The normalized spacial score (nSPS) is 34.3. The van der Waals surface area contributed by atoms with Gasteiger partial charge in [0.15, 0.2) is 6.10 Å². The van der Waals surface area contributed by atoms with E-state index in [4.69, 9.17) is 18.9 Å². The zero-order chi connectivity index (χ0) is 46.7. The Hall–Kier alpha value is -5.28. The van der Waals surface area contributed by atoms with Crippen molar-refractivity contribution in [3.8, 4) is 16.9 Å². The van der Waals surface area contributed by atoms with Crippen LogP contribution in [0.3, 0.4) is 0 Å². The van der Waals surface area contributed by atoms with Gasteiger partial charge in [0.25, 0.3) is 0 Å². The molecular weight excluding hydrogens is 844 g/mol. The molecule has 10 atom stereocenters. The van der Waals surface area contributed by atoms with Gasteiger partial charge in [-0.15, -0.1) is 0 Å². The molecule has 1 aliphatic carbocycles. The van der Waals surface area contributed by atoms with Gasteiger partial charge in [0.1, 0.15) is 17.0 Å². The van der Waals surface area contributed by atoms with Crippen LogP contribution in [-0.4, -0.2) is 133 Å². The van der Waals surface area contributed by atoms with Crippen LogP contribution in [0.2, 0.25) is 0 Å². The lowest BCUT2D eigenvalue weighted by Crippen LogP contribution is -2.81. The number of anilines is 1. The molecule has 13 nitrogen and oxygen atoms in total. The highest BCUT2D eigenvalue weighted by molar-refractivity contribution is 5.96. The van der Waals surface area contributed by atoms with E-state index in [0.717, 1.165) is 33.2 Å². The van der Waals surface area contributed by atoms with E-state index < -0.39 is 57.5 Å². The highest BCUT2D eigenvalue weighted by atomic mass is 19.1. The second-order valence-electron chi connectivity index (χ2n) is 19.9. The van der Waals surface area contributed by atoms with E-state index in [9.17, 15) is 24.2 Å². The maximum atomic E-state index is 15.6. The molecule has 6 aliphatic rings. The van der Waals surface area contributed by atoms with E-state index >= 15 is 4.79 Å². The van der Waals surface area contributed by atoms with Crippen LogP contribution in [0.15, 0.2) is 66.7 Å². The highest BCUT2D eigenvalue weighted by Crippen LogP contribution is 2.68. The predicted molar refractivity (Wildman–Crippen MR) is 246 cm³/mol. The summed E-state index contributed by atoms with van der Waals surface area (Å²) >= 11 is 0. The van der Waals surface area contributed by atoms with Gasteiger partial charge in [0, 0.05) is 90.9 Å². The second kappa shape index (κ2) is 15.6. The molecule has 0 radical (unpaired) electrons. The molecule has 1 aromatic heterocycles. The van der Waals surface area contributed by atoms with Gasteiger partial charge in [-0.3, -0.25) is 19.4 Å². The fraction of sp³-hybridized carbons (Fsp3) is 0.519. The van der Waals surface area contributed by atoms with Gasteiger partial charge in [-0.2, -0.15) is 0 Å². The molecule has 2 saturated heterocycles. The fourth-order valence-corrected chi connectivity index (χ4v) is 14.4. The molecule has 6 heterocycles. The van der Waals surface area contributed by atoms with Crippen molar-refractivity contribution in [2.45, 2.75) is 99.5 Å². The van der Waals surface area contributed by atoms with Crippen molar-refractivity contribution in [3.05, 3.63) is 95.0 Å². The topological polar surface area (TPSA) is 154 Å². The Morgan fingerprint density at radius 2 is 1.68 bits per heavy atom. The zero-order valence-electron chi connectivity index (χ0n) is 38.9. The second-order valence-corrected chi connectivity index (χ2v) is 19.9. The van der Waals surface area contributed by atoms with Gasteiger partial charge < -0.3 is 39.0 Å². The summed E-state index contributed by atoms with van der Waals surface area (Å²) in [4.78, 5) is 53.6. The number of benzene rings is 3. The number of carbonyl (C=O) groups excluding carboxylic acids is 3. The third kappa shape index (κ3) is 5.99. The van der Waals surface area contributed by atoms with Crippen molar-refractivity contribution in [1.29, 1.82) is 0 Å².